The third kappa shape index (κ3) is 3.30. The van der Waals surface area contributed by atoms with Crippen LogP contribution < -0.4 is 4.74 Å². The maximum atomic E-state index is 12.8. The molecule has 20 heavy (non-hydrogen) atoms. The fourth-order valence-electron chi connectivity index (χ4n) is 1.72. The second kappa shape index (κ2) is 6.43. The zero-order valence-electron chi connectivity index (χ0n) is 10.8. The zero-order valence-corrected chi connectivity index (χ0v) is 11.7. The minimum atomic E-state index is -1.50. The second-order valence-electron chi connectivity index (χ2n) is 4.07. The van der Waals surface area contributed by atoms with Gasteiger partial charge in [-0.15, -0.1) is 0 Å². The monoisotopic (exact) mass is 292 g/mol. The standard InChI is InChI=1S/C15H13FO3S/c1-19-14-4-2-3-5-15(14)20(18)10-13(17)11-6-8-12(16)9-7-11/h2-9H,10H2,1H3. The van der Waals surface area contributed by atoms with Gasteiger partial charge in [-0.2, -0.15) is 0 Å². The van der Waals surface area contributed by atoms with Crippen LogP contribution in [0, 0.1) is 5.82 Å². The molecule has 0 aromatic heterocycles. The summed E-state index contributed by atoms with van der Waals surface area (Å²) in [6.07, 6.45) is 0. The number of benzene rings is 2. The highest BCUT2D eigenvalue weighted by Gasteiger charge is 2.15. The molecule has 2 aromatic rings. The lowest BCUT2D eigenvalue weighted by Crippen LogP contribution is -2.11. The van der Waals surface area contributed by atoms with Gasteiger partial charge in [-0.3, -0.25) is 9.00 Å². The van der Waals surface area contributed by atoms with Crippen LogP contribution in [0.4, 0.5) is 4.39 Å². The first-order valence-electron chi connectivity index (χ1n) is 5.92. The first-order valence-corrected chi connectivity index (χ1v) is 7.24. The van der Waals surface area contributed by atoms with Gasteiger partial charge in [0.1, 0.15) is 11.6 Å². The van der Waals surface area contributed by atoms with Crippen molar-refractivity contribution in [1.82, 2.24) is 0 Å². The summed E-state index contributed by atoms with van der Waals surface area (Å²) < 4.78 is 30.1. The first kappa shape index (κ1) is 14.4. The van der Waals surface area contributed by atoms with Gasteiger partial charge >= 0.3 is 0 Å². The molecule has 2 rings (SSSR count). The van der Waals surface area contributed by atoms with E-state index in [0.29, 0.717) is 16.2 Å². The van der Waals surface area contributed by atoms with Crippen molar-refractivity contribution in [2.24, 2.45) is 0 Å². The van der Waals surface area contributed by atoms with Crippen molar-refractivity contribution in [3.05, 3.63) is 59.9 Å². The molecule has 0 aliphatic heterocycles. The van der Waals surface area contributed by atoms with Crippen molar-refractivity contribution < 1.29 is 18.1 Å². The third-order valence-electron chi connectivity index (χ3n) is 2.74. The number of Topliss-reactive ketones (excluding diaryl/α,β-unsaturated/α-hetero) is 1. The van der Waals surface area contributed by atoms with Gasteiger partial charge in [-0.1, -0.05) is 12.1 Å². The van der Waals surface area contributed by atoms with E-state index in [1.165, 1.54) is 31.4 Å². The Bertz CT molecular complexity index is 638. The van der Waals surface area contributed by atoms with Crippen LogP contribution in [0.5, 0.6) is 5.75 Å². The maximum absolute atomic E-state index is 12.8. The Hall–Kier alpha value is -2.01. The number of hydrogen-bond acceptors (Lipinski definition) is 3. The number of carbonyl (C=O) groups excluding carboxylic acids is 1. The van der Waals surface area contributed by atoms with Gasteiger partial charge in [0.25, 0.3) is 0 Å². The van der Waals surface area contributed by atoms with Crippen LogP contribution in [0.3, 0.4) is 0 Å². The normalized spacial score (nSPS) is 11.9. The lowest BCUT2D eigenvalue weighted by Gasteiger charge is -2.07. The fourth-order valence-corrected chi connectivity index (χ4v) is 2.89. The number of rotatable bonds is 5. The number of methoxy groups -OCH3 is 1. The molecule has 0 heterocycles. The van der Waals surface area contributed by atoms with Gasteiger partial charge in [0.15, 0.2) is 5.78 Å². The van der Waals surface area contributed by atoms with Crippen molar-refractivity contribution in [2.75, 3.05) is 12.9 Å². The predicted octanol–water partition coefficient (Wildman–Crippen LogP) is 2.82. The molecular formula is C15H13FO3S. The molecule has 0 aliphatic carbocycles. The van der Waals surface area contributed by atoms with Gasteiger partial charge in [-0.25, -0.2) is 4.39 Å². The zero-order chi connectivity index (χ0) is 14.5. The Balaban J connectivity index is 2.15. The van der Waals surface area contributed by atoms with E-state index in [1.807, 2.05) is 0 Å². The van der Waals surface area contributed by atoms with Crippen molar-refractivity contribution >= 4 is 16.6 Å². The Kier molecular flexibility index (Phi) is 4.63. The quantitative estimate of drug-likeness (QED) is 0.796. The highest BCUT2D eigenvalue weighted by atomic mass is 32.2. The van der Waals surface area contributed by atoms with Crippen LogP contribution in [0.1, 0.15) is 10.4 Å². The highest BCUT2D eigenvalue weighted by molar-refractivity contribution is 7.86. The van der Waals surface area contributed by atoms with Crippen molar-refractivity contribution in [3.8, 4) is 5.75 Å². The molecule has 0 spiro atoms. The summed E-state index contributed by atoms with van der Waals surface area (Å²) in [5.74, 6) is -0.384. The average Bonchev–Trinajstić information content (AvgIpc) is 2.47. The third-order valence-corrected chi connectivity index (χ3v) is 4.09. The molecule has 104 valence electrons. The minimum Gasteiger partial charge on any atom is -0.495 e. The van der Waals surface area contributed by atoms with Gasteiger partial charge in [0.05, 0.1) is 28.6 Å². The van der Waals surface area contributed by atoms with E-state index in [4.69, 9.17) is 4.74 Å². The number of halogens is 1. The van der Waals surface area contributed by atoms with Crippen LogP contribution in [-0.2, 0) is 10.8 Å². The van der Waals surface area contributed by atoms with E-state index in [2.05, 4.69) is 0 Å². The average molecular weight is 292 g/mol. The summed E-state index contributed by atoms with van der Waals surface area (Å²) in [6, 6.07) is 12.0. The highest BCUT2D eigenvalue weighted by Crippen LogP contribution is 2.21. The van der Waals surface area contributed by atoms with Crippen LogP contribution in [0.2, 0.25) is 0 Å². The second-order valence-corrected chi connectivity index (χ2v) is 5.49. The number of ether oxygens (including phenoxy) is 1. The molecule has 0 radical (unpaired) electrons. The van der Waals surface area contributed by atoms with Crippen LogP contribution in [-0.4, -0.2) is 22.9 Å². The molecule has 1 unspecified atom stereocenters. The number of para-hydroxylation sites is 1. The number of ketones is 1. The molecule has 3 nitrogen and oxygen atoms in total. The van der Waals surface area contributed by atoms with Crippen molar-refractivity contribution in [3.63, 3.8) is 0 Å². The summed E-state index contributed by atoms with van der Waals surface area (Å²) in [6.45, 7) is 0. The number of hydrogen-bond donors (Lipinski definition) is 0. The Morgan fingerprint density at radius 2 is 1.80 bits per heavy atom. The summed E-state index contributed by atoms with van der Waals surface area (Å²) in [7, 11) is -0.0151. The Labute approximate surface area is 118 Å². The molecule has 0 bridgehead atoms. The summed E-state index contributed by atoms with van der Waals surface area (Å²) in [5.41, 5.74) is 0.342. The van der Waals surface area contributed by atoms with Gasteiger partial charge in [0.2, 0.25) is 0 Å². The minimum absolute atomic E-state index is 0.161. The molecule has 0 saturated carbocycles. The number of carbonyl (C=O) groups is 1. The van der Waals surface area contributed by atoms with E-state index >= 15 is 0 Å². The van der Waals surface area contributed by atoms with Crippen LogP contribution >= 0.6 is 0 Å². The Morgan fingerprint density at radius 3 is 2.45 bits per heavy atom. The SMILES string of the molecule is COc1ccccc1S(=O)CC(=O)c1ccc(F)cc1. The van der Waals surface area contributed by atoms with E-state index in [-0.39, 0.29) is 11.5 Å². The molecular weight excluding hydrogens is 279 g/mol. The lowest BCUT2D eigenvalue weighted by molar-refractivity contribution is 0.102. The topological polar surface area (TPSA) is 43.4 Å². The van der Waals surface area contributed by atoms with Crippen molar-refractivity contribution in [1.29, 1.82) is 0 Å². The molecule has 0 saturated heterocycles. The summed E-state index contributed by atoms with van der Waals surface area (Å²) in [5, 5.41) is 0. The fraction of sp³-hybridized carbons (Fsp3) is 0.133. The van der Waals surface area contributed by atoms with E-state index in [0.717, 1.165) is 0 Å². The van der Waals surface area contributed by atoms with Gasteiger partial charge in [-0.05, 0) is 36.4 Å². The molecule has 0 aliphatic rings. The predicted molar refractivity (Wildman–Crippen MR) is 75.0 cm³/mol. The molecule has 0 amide bonds. The largest absolute Gasteiger partial charge is 0.495 e. The van der Waals surface area contributed by atoms with E-state index in [1.54, 1.807) is 24.3 Å². The molecule has 0 N–H and O–H groups in total. The molecule has 0 fully saturated rings. The van der Waals surface area contributed by atoms with Gasteiger partial charge in [0, 0.05) is 5.56 Å². The summed E-state index contributed by atoms with van der Waals surface area (Å²) >= 11 is 0. The van der Waals surface area contributed by atoms with E-state index < -0.39 is 16.6 Å². The molecule has 1 atom stereocenters. The lowest BCUT2D eigenvalue weighted by atomic mass is 10.1. The first-order chi connectivity index (χ1) is 9.61. The van der Waals surface area contributed by atoms with Crippen molar-refractivity contribution in [2.45, 2.75) is 4.90 Å². The van der Waals surface area contributed by atoms with Crippen LogP contribution in [0.25, 0.3) is 0 Å². The van der Waals surface area contributed by atoms with Crippen LogP contribution in [0.15, 0.2) is 53.4 Å². The smallest absolute Gasteiger partial charge is 0.175 e. The molecule has 2 aromatic carbocycles. The maximum Gasteiger partial charge on any atom is 0.175 e. The summed E-state index contributed by atoms with van der Waals surface area (Å²) in [4.78, 5) is 12.5. The Morgan fingerprint density at radius 1 is 1.15 bits per heavy atom. The van der Waals surface area contributed by atoms with E-state index in [9.17, 15) is 13.4 Å². The van der Waals surface area contributed by atoms with Gasteiger partial charge < -0.3 is 4.74 Å². The molecule has 5 heteroatoms.